The van der Waals surface area contributed by atoms with Gasteiger partial charge in [0.15, 0.2) is 0 Å². The Bertz CT molecular complexity index is 235. The third-order valence-corrected chi connectivity index (χ3v) is 2.41. The van der Waals surface area contributed by atoms with E-state index in [-0.39, 0.29) is 11.9 Å². The molecule has 0 radical (unpaired) electrons. The van der Waals surface area contributed by atoms with Gasteiger partial charge in [-0.25, -0.2) is 4.79 Å². The van der Waals surface area contributed by atoms with Gasteiger partial charge in [-0.1, -0.05) is 13.8 Å². The number of amidine groups is 1. The summed E-state index contributed by atoms with van der Waals surface area (Å²) >= 11 is 0. The molecular formula is C10H21N3O2. The van der Waals surface area contributed by atoms with Crippen LogP contribution in [0.15, 0.2) is 0 Å². The normalized spacial score (nSPS) is 11.3. The molecule has 0 spiro atoms. The van der Waals surface area contributed by atoms with Crippen molar-refractivity contribution in [3.05, 3.63) is 0 Å². The van der Waals surface area contributed by atoms with Gasteiger partial charge in [0, 0.05) is 0 Å². The zero-order chi connectivity index (χ0) is 12.1. The van der Waals surface area contributed by atoms with Crippen molar-refractivity contribution in [1.82, 2.24) is 5.32 Å². The number of nitrogens with two attached hydrogens (primary N) is 1. The molecule has 0 aliphatic heterocycles. The van der Waals surface area contributed by atoms with E-state index in [4.69, 9.17) is 15.9 Å². The lowest BCUT2D eigenvalue weighted by Crippen LogP contribution is -2.56. The molecule has 0 aliphatic rings. The van der Waals surface area contributed by atoms with E-state index in [1.807, 2.05) is 13.8 Å². The van der Waals surface area contributed by atoms with E-state index >= 15 is 0 Å². The Morgan fingerprint density at radius 1 is 1.47 bits per heavy atom. The fourth-order valence-electron chi connectivity index (χ4n) is 1.31. The van der Waals surface area contributed by atoms with E-state index in [0.29, 0.717) is 12.8 Å². The van der Waals surface area contributed by atoms with Crippen LogP contribution < -0.4 is 11.1 Å². The SMILES string of the molecule is CCC(CC)(NC(=O)OC(C)C)C(=N)N. The number of ether oxygens (including phenoxy) is 1. The first-order valence-electron chi connectivity index (χ1n) is 5.21. The predicted octanol–water partition coefficient (Wildman–Crippen LogP) is 1.62. The summed E-state index contributed by atoms with van der Waals surface area (Å²) in [7, 11) is 0. The van der Waals surface area contributed by atoms with E-state index in [9.17, 15) is 4.79 Å². The summed E-state index contributed by atoms with van der Waals surface area (Å²) in [6, 6.07) is 0. The molecule has 0 saturated carbocycles. The molecule has 0 aliphatic carbocycles. The van der Waals surface area contributed by atoms with Crippen molar-refractivity contribution in [2.45, 2.75) is 52.2 Å². The molecule has 0 aromatic carbocycles. The summed E-state index contributed by atoms with van der Waals surface area (Å²) in [6.07, 6.45) is 0.449. The average Bonchev–Trinajstić information content (AvgIpc) is 2.12. The smallest absolute Gasteiger partial charge is 0.408 e. The molecule has 0 heterocycles. The highest BCUT2D eigenvalue weighted by molar-refractivity contribution is 5.90. The van der Waals surface area contributed by atoms with Crippen molar-refractivity contribution in [2.75, 3.05) is 0 Å². The minimum Gasteiger partial charge on any atom is -0.447 e. The van der Waals surface area contributed by atoms with E-state index in [0.717, 1.165) is 0 Å². The third-order valence-electron chi connectivity index (χ3n) is 2.41. The Morgan fingerprint density at radius 2 is 1.93 bits per heavy atom. The molecule has 88 valence electrons. The van der Waals surface area contributed by atoms with Gasteiger partial charge >= 0.3 is 6.09 Å². The Hall–Kier alpha value is -1.26. The molecule has 0 bridgehead atoms. The molecule has 0 aromatic rings. The molecular weight excluding hydrogens is 194 g/mol. The summed E-state index contributed by atoms with van der Waals surface area (Å²) in [5, 5.41) is 10.1. The quantitative estimate of drug-likeness (QED) is 0.481. The standard InChI is InChI=1S/C10H21N3O2/c1-5-10(6-2,8(11)12)13-9(14)15-7(3)4/h7H,5-6H2,1-4H3,(H3,11,12)(H,13,14). The second-order valence-electron chi connectivity index (χ2n) is 3.78. The van der Waals surface area contributed by atoms with Crippen LogP contribution in [-0.4, -0.2) is 23.6 Å². The second kappa shape index (κ2) is 5.58. The minimum absolute atomic E-state index is 0.0341. The van der Waals surface area contributed by atoms with Crippen molar-refractivity contribution in [1.29, 1.82) is 5.41 Å². The molecule has 0 fully saturated rings. The Morgan fingerprint density at radius 3 is 2.20 bits per heavy atom. The molecule has 15 heavy (non-hydrogen) atoms. The van der Waals surface area contributed by atoms with Crippen molar-refractivity contribution < 1.29 is 9.53 Å². The van der Waals surface area contributed by atoms with E-state index < -0.39 is 11.6 Å². The highest BCUT2D eigenvalue weighted by Gasteiger charge is 2.32. The molecule has 0 aromatic heterocycles. The lowest BCUT2D eigenvalue weighted by Gasteiger charge is -2.31. The molecule has 0 saturated heterocycles. The van der Waals surface area contributed by atoms with Crippen LogP contribution in [0.5, 0.6) is 0 Å². The first-order valence-corrected chi connectivity index (χ1v) is 5.21. The summed E-state index contributed by atoms with van der Waals surface area (Å²) in [5.74, 6) is -0.0341. The first-order chi connectivity index (χ1) is 6.88. The van der Waals surface area contributed by atoms with Crippen LogP contribution in [0.3, 0.4) is 0 Å². The van der Waals surface area contributed by atoms with E-state index in [1.54, 1.807) is 13.8 Å². The highest BCUT2D eigenvalue weighted by Crippen LogP contribution is 2.15. The number of hydrogen-bond acceptors (Lipinski definition) is 3. The van der Waals surface area contributed by atoms with Crippen molar-refractivity contribution in [3.63, 3.8) is 0 Å². The van der Waals surface area contributed by atoms with Crippen LogP contribution in [0.25, 0.3) is 0 Å². The number of hydrogen-bond donors (Lipinski definition) is 3. The monoisotopic (exact) mass is 215 g/mol. The fraction of sp³-hybridized carbons (Fsp3) is 0.800. The van der Waals surface area contributed by atoms with Crippen molar-refractivity contribution >= 4 is 11.9 Å². The van der Waals surface area contributed by atoms with Crippen LogP contribution in [0.1, 0.15) is 40.5 Å². The molecule has 4 N–H and O–H groups in total. The Balaban J connectivity index is 4.54. The number of alkyl carbamates (subject to hydrolysis) is 1. The molecule has 5 nitrogen and oxygen atoms in total. The van der Waals surface area contributed by atoms with Gasteiger partial charge in [0.05, 0.1) is 11.6 Å². The lowest BCUT2D eigenvalue weighted by atomic mass is 9.92. The van der Waals surface area contributed by atoms with Gasteiger partial charge in [-0.05, 0) is 26.7 Å². The largest absolute Gasteiger partial charge is 0.447 e. The first kappa shape index (κ1) is 13.7. The average molecular weight is 215 g/mol. The number of amides is 1. The number of carbonyl (C=O) groups excluding carboxylic acids is 1. The maximum atomic E-state index is 11.4. The zero-order valence-corrected chi connectivity index (χ0v) is 9.89. The maximum Gasteiger partial charge on any atom is 0.408 e. The van der Waals surface area contributed by atoms with Gasteiger partial charge < -0.3 is 15.8 Å². The topological polar surface area (TPSA) is 88.2 Å². The number of rotatable bonds is 5. The molecule has 0 atom stereocenters. The van der Waals surface area contributed by atoms with Gasteiger partial charge in [0.1, 0.15) is 5.84 Å². The van der Waals surface area contributed by atoms with Crippen LogP contribution in [0, 0.1) is 5.41 Å². The van der Waals surface area contributed by atoms with E-state index in [1.165, 1.54) is 0 Å². The van der Waals surface area contributed by atoms with Crippen LogP contribution >= 0.6 is 0 Å². The minimum atomic E-state index is -0.772. The van der Waals surface area contributed by atoms with Crippen molar-refractivity contribution in [2.24, 2.45) is 5.73 Å². The highest BCUT2D eigenvalue weighted by atomic mass is 16.6. The lowest BCUT2D eigenvalue weighted by molar-refractivity contribution is 0.108. The number of carbonyl (C=O) groups is 1. The van der Waals surface area contributed by atoms with Gasteiger partial charge in [-0.2, -0.15) is 0 Å². The molecule has 5 heteroatoms. The molecule has 1 amide bonds. The number of nitrogens with one attached hydrogen (secondary N) is 2. The van der Waals surface area contributed by atoms with Gasteiger partial charge in [-0.15, -0.1) is 0 Å². The Labute approximate surface area is 90.9 Å². The van der Waals surface area contributed by atoms with Crippen LogP contribution in [-0.2, 0) is 4.74 Å². The summed E-state index contributed by atoms with van der Waals surface area (Å²) in [6.45, 7) is 7.29. The second-order valence-corrected chi connectivity index (χ2v) is 3.78. The van der Waals surface area contributed by atoms with Crippen molar-refractivity contribution in [3.8, 4) is 0 Å². The molecule has 0 unspecified atom stereocenters. The van der Waals surface area contributed by atoms with Crippen LogP contribution in [0.2, 0.25) is 0 Å². The zero-order valence-electron chi connectivity index (χ0n) is 9.89. The maximum absolute atomic E-state index is 11.4. The third kappa shape index (κ3) is 3.77. The summed E-state index contributed by atoms with van der Waals surface area (Å²) < 4.78 is 4.96. The van der Waals surface area contributed by atoms with Gasteiger partial charge in [0.2, 0.25) is 0 Å². The van der Waals surface area contributed by atoms with E-state index in [2.05, 4.69) is 5.32 Å². The molecule has 0 rings (SSSR count). The van der Waals surface area contributed by atoms with Gasteiger partial charge in [-0.3, -0.25) is 5.41 Å². The fourth-order valence-corrected chi connectivity index (χ4v) is 1.31. The summed E-state index contributed by atoms with van der Waals surface area (Å²) in [4.78, 5) is 11.4. The summed E-state index contributed by atoms with van der Waals surface area (Å²) in [5.41, 5.74) is 4.71. The Kier molecular flexibility index (Phi) is 5.11. The van der Waals surface area contributed by atoms with Crippen LogP contribution in [0.4, 0.5) is 4.79 Å². The van der Waals surface area contributed by atoms with Gasteiger partial charge in [0.25, 0.3) is 0 Å². The predicted molar refractivity (Wildman–Crippen MR) is 60.0 cm³/mol.